The first-order valence-corrected chi connectivity index (χ1v) is 9.62. The SMILES string of the molecule is Cc1cc([N+](=O)[O-])ccc1NC(=O)C(=O)NCCc1ccc(N2CCCC2)cc1. The number of hydrogen-bond donors (Lipinski definition) is 2. The molecule has 0 bridgehead atoms. The Morgan fingerprint density at radius 2 is 1.76 bits per heavy atom. The highest BCUT2D eigenvalue weighted by Crippen LogP contribution is 2.21. The fourth-order valence-corrected chi connectivity index (χ4v) is 3.33. The fourth-order valence-electron chi connectivity index (χ4n) is 3.33. The molecule has 0 spiro atoms. The Balaban J connectivity index is 1.46. The van der Waals surface area contributed by atoms with Gasteiger partial charge in [-0.25, -0.2) is 0 Å². The molecule has 2 N–H and O–H groups in total. The number of nitrogens with one attached hydrogen (secondary N) is 2. The van der Waals surface area contributed by atoms with Crippen molar-refractivity contribution in [1.29, 1.82) is 0 Å². The Morgan fingerprint density at radius 1 is 1.07 bits per heavy atom. The molecule has 2 amide bonds. The first-order valence-electron chi connectivity index (χ1n) is 9.62. The lowest BCUT2D eigenvalue weighted by Crippen LogP contribution is -2.36. The third-order valence-electron chi connectivity index (χ3n) is 4.98. The van der Waals surface area contributed by atoms with E-state index in [1.165, 1.54) is 36.7 Å². The van der Waals surface area contributed by atoms with Crippen molar-refractivity contribution in [2.24, 2.45) is 0 Å². The van der Waals surface area contributed by atoms with Crippen LogP contribution in [-0.2, 0) is 16.0 Å². The summed E-state index contributed by atoms with van der Waals surface area (Å²) in [4.78, 5) is 36.7. The molecule has 29 heavy (non-hydrogen) atoms. The fraction of sp³-hybridized carbons (Fsp3) is 0.333. The Labute approximate surface area is 169 Å². The van der Waals surface area contributed by atoms with Crippen molar-refractivity contribution in [2.45, 2.75) is 26.2 Å². The van der Waals surface area contributed by atoms with Gasteiger partial charge in [-0.2, -0.15) is 0 Å². The highest BCUT2D eigenvalue weighted by atomic mass is 16.6. The van der Waals surface area contributed by atoms with E-state index < -0.39 is 16.7 Å². The van der Waals surface area contributed by atoms with E-state index in [-0.39, 0.29) is 5.69 Å². The van der Waals surface area contributed by atoms with E-state index in [4.69, 9.17) is 0 Å². The number of carbonyl (C=O) groups excluding carboxylic acids is 2. The zero-order chi connectivity index (χ0) is 20.8. The van der Waals surface area contributed by atoms with Crippen LogP contribution in [0.1, 0.15) is 24.0 Å². The molecule has 2 aromatic rings. The summed E-state index contributed by atoms with van der Waals surface area (Å²) in [5.41, 5.74) is 3.11. The molecule has 8 nitrogen and oxygen atoms in total. The molecule has 2 aromatic carbocycles. The summed E-state index contributed by atoms with van der Waals surface area (Å²) in [6.07, 6.45) is 3.08. The van der Waals surface area contributed by atoms with Crippen LogP contribution in [0.2, 0.25) is 0 Å². The molecule has 0 unspecified atom stereocenters. The third-order valence-corrected chi connectivity index (χ3v) is 4.98. The summed E-state index contributed by atoms with van der Waals surface area (Å²) < 4.78 is 0. The average Bonchev–Trinajstić information content (AvgIpc) is 3.24. The number of carbonyl (C=O) groups is 2. The molecular weight excluding hydrogens is 372 g/mol. The molecule has 1 aliphatic rings. The first-order chi connectivity index (χ1) is 13.9. The summed E-state index contributed by atoms with van der Waals surface area (Å²) in [5.74, 6) is -1.54. The van der Waals surface area contributed by atoms with Crippen molar-refractivity contribution in [1.82, 2.24) is 5.32 Å². The van der Waals surface area contributed by atoms with E-state index in [9.17, 15) is 19.7 Å². The van der Waals surface area contributed by atoms with Gasteiger partial charge in [0.05, 0.1) is 4.92 Å². The van der Waals surface area contributed by atoms with E-state index >= 15 is 0 Å². The molecule has 1 heterocycles. The van der Waals surface area contributed by atoms with Gasteiger partial charge in [0, 0.05) is 43.1 Å². The molecule has 0 atom stereocenters. The van der Waals surface area contributed by atoms with Gasteiger partial charge in [0.1, 0.15) is 0 Å². The maximum absolute atomic E-state index is 12.1. The van der Waals surface area contributed by atoms with Crippen LogP contribution >= 0.6 is 0 Å². The molecule has 152 valence electrons. The zero-order valence-electron chi connectivity index (χ0n) is 16.3. The lowest BCUT2D eigenvalue weighted by atomic mass is 10.1. The number of benzene rings is 2. The molecule has 0 aliphatic carbocycles. The van der Waals surface area contributed by atoms with Gasteiger partial charge in [-0.15, -0.1) is 0 Å². The number of nitrogens with zero attached hydrogens (tertiary/aromatic N) is 2. The summed E-state index contributed by atoms with van der Waals surface area (Å²) in [7, 11) is 0. The minimum absolute atomic E-state index is 0.0688. The van der Waals surface area contributed by atoms with E-state index in [0.29, 0.717) is 24.2 Å². The van der Waals surface area contributed by atoms with Crippen LogP contribution in [-0.4, -0.2) is 36.4 Å². The van der Waals surface area contributed by atoms with Crippen molar-refractivity contribution in [3.63, 3.8) is 0 Å². The number of nitro benzene ring substituents is 1. The van der Waals surface area contributed by atoms with Gasteiger partial charge < -0.3 is 15.5 Å². The predicted molar refractivity (Wildman–Crippen MR) is 111 cm³/mol. The number of non-ortho nitro benzene ring substituents is 1. The summed E-state index contributed by atoms with van der Waals surface area (Å²) >= 11 is 0. The number of amides is 2. The summed E-state index contributed by atoms with van der Waals surface area (Å²) in [6.45, 7) is 4.17. The van der Waals surface area contributed by atoms with Crippen LogP contribution < -0.4 is 15.5 Å². The van der Waals surface area contributed by atoms with Crippen molar-refractivity contribution in [2.75, 3.05) is 29.9 Å². The number of aryl methyl sites for hydroxylation is 1. The molecule has 8 heteroatoms. The van der Waals surface area contributed by atoms with E-state index in [1.807, 2.05) is 12.1 Å². The van der Waals surface area contributed by atoms with Gasteiger partial charge in [0.25, 0.3) is 5.69 Å². The Hall–Kier alpha value is -3.42. The third kappa shape index (κ3) is 5.31. The standard InChI is InChI=1S/C21H24N4O4/c1-15-14-18(25(28)29)8-9-19(15)23-21(27)20(26)22-11-10-16-4-6-17(7-5-16)24-12-2-3-13-24/h4-9,14H,2-3,10-13H2,1H3,(H,22,26)(H,23,27). The van der Waals surface area contributed by atoms with Crippen molar-refractivity contribution in [3.05, 3.63) is 63.7 Å². The zero-order valence-corrected chi connectivity index (χ0v) is 16.3. The maximum atomic E-state index is 12.1. The quantitative estimate of drug-likeness (QED) is 0.444. The molecule has 3 rings (SSSR count). The molecule has 0 radical (unpaired) electrons. The summed E-state index contributed by atoms with van der Waals surface area (Å²) in [5, 5.41) is 15.9. The smallest absolute Gasteiger partial charge is 0.313 e. The van der Waals surface area contributed by atoms with Crippen LogP contribution in [0, 0.1) is 17.0 Å². The minimum Gasteiger partial charge on any atom is -0.372 e. The molecule has 0 saturated carbocycles. The van der Waals surface area contributed by atoms with Gasteiger partial charge in [-0.1, -0.05) is 12.1 Å². The van der Waals surface area contributed by atoms with E-state index in [2.05, 4.69) is 27.7 Å². The highest BCUT2D eigenvalue weighted by Gasteiger charge is 2.16. The van der Waals surface area contributed by atoms with Gasteiger partial charge in [-0.05, 0) is 55.5 Å². The predicted octanol–water partition coefficient (Wildman–Crippen LogP) is 2.80. The monoisotopic (exact) mass is 396 g/mol. The normalized spacial score (nSPS) is 13.2. The molecule has 1 fully saturated rings. The Bertz CT molecular complexity index is 905. The minimum atomic E-state index is -0.800. The van der Waals surface area contributed by atoms with Gasteiger partial charge in [0.15, 0.2) is 0 Å². The maximum Gasteiger partial charge on any atom is 0.313 e. The number of nitro groups is 1. The van der Waals surface area contributed by atoms with Crippen LogP contribution in [0.4, 0.5) is 17.1 Å². The van der Waals surface area contributed by atoms with Crippen LogP contribution in [0.5, 0.6) is 0 Å². The van der Waals surface area contributed by atoms with E-state index in [1.54, 1.807) is 6.92 Å². The molecular formula is C21H24N4O4. The lowest BCUT2D eigenvalue weighted by Gasteiger charge is -2.17. The van der Waals surface area contributed by atoms with Crippen molar-refractivity contribution >= 4 is 28.9 Å². The van der Waals surface area contributed by atoms with Crippen LogP contribution in [0.15, 0.2) is 42.5 Å². The van der Waals surface area contributed by atoms with Gasteiger partial charge >= 0.3 is 11.8 Å². The van der Waals surface area contributed by atoms with Crippen molar-refractivity contribution in [3.8, 4) is 0 Å². The highest BCUT2D eigenvalue weighted by molar-refractivity contribution is 6.39. The second-order valence-electron chi connectivity index (χ2n) is 7.08. The molecule has 1 aliphatic heterocycles. The number of rotatable bonds is 6. The van der Waals surface area contributed by atoms with Crippen LogP contribution in [0.25, 0.3) is 0 Å². The second-order valence-corrected chi connectivity index (χ2v) is 7.08. The van der Waals surface area contributed by atoms with Crippen LogP contribution in [0.3, 0.4) is 0 Å². The molecule has 1 saturated heterocycles. The first kappa shape index (κ1) is 20.3. The lowest BCUT2D eigenvalue weighted by molar-refractivity contribution is -0.384. The summed E-state index contributed by atoms with van der Waals surface area (Å²) in [6, 6.07) is 12.3. The second kappa shape index (κ2) is 9.18. The number of hydrogen-bond acceptors (Lipinski definition) is 5. The average molecular weight is 396 g/mol. The largest absolute Gasteiger partial charge is 0.372 e. The number of anilines is 2. The topological polar surface area (TPSA) is 105 Å². The van der Waals surface area contributed by atoms with E-state index in [0.717, 1.165) is 18.7 Å². The Kier molecular flexibility index (Phi) is 6.43. The van der Waals surface area contributed by atoms with Gasteiger partial charge in [0.2, 0.25) is 0 Å². The van der Waals surface area contributed by atoms with Gasteiger partial charge in [-0.3, -0.25) is 19.7 Å². The Morgan fingerprint density at radius 3 is 2.38 bits per heavy atom. The molecule has 0 aromatic heterocycles. The van der Waals surface area contributed by atoms with Crippen molar-refractivity contribution < 1.29 is 14.5 Å².